The molecule has 0 unspecified atom stereocenters. The molecule has 1 heterocycles. The first-order valence-corrected chi connectivity index (χ1v) is 7.96. The monoisotopic (exact) mass is 343 g/mol. The van der Waals surface area contributed by atoms with Crippen molar-refractivity contribution < 1.29 is 4.42 Å². The van der Waals surface area contributed by atoms with Gasteiger partial charge in [-0.05, 0) is 57.6 Å². The third-order valence-electron chi connectivity index (χ3n) is 4.16. The summed E-state index contributed by atoms with van der Waals surface area (Å²) in [5, 5.41) is 0. The first-order chi connectivity index (χ1) is 10.0. The van der Waals surface area contributed by atoms with E-state index < -0.39 is 0 Å². The molecule has 0 aliphatic rings. The molecule has 3 rings (SSSR count). The molecular formula is C18H18BrNO. The second-order valence-electron chi connectivity index (χ2n) is 5.92. The van der Waals surface area contributed by atoms with Gasteiger partial charge in [0.05, 0.1) is 5.56 Å². The highest BCUT2D eigenvalue weighted by Crippen LogP contribution is 2.33. The van der Waals surface area contributed by atoms with E-state index >= 15 is 0 Å². The highest BCUT2D eigenvalue weighted by atomic mass is 79.9. The van der Waals surface area contributed by atoms with Gasteiger partial charge in [-0.2, -0.15) is 0 Å². The third kappa shape index (κ3) is 2.62. The molecule has 0 saturated heterocycles. The molecule has 2 nitrogen and oxygen atoms in total. The average Bonchev–Trinajstić information content (AvgIpc) is 2.90. The minimum Gasteiger partial charge on any atom is -0.436 e. The smallest absolute Gasteiger partial charge is 0.228 e. The molecule has 2 aromatic carbocycles. The summed E-state index contributed by atoms with van der Waals surface area (Å²) in [6, 6.07) is 14.3. The number of nitrogens with zero attached hydrogens (tertiary/aromatic N) is 1. The van der Waals surface area contributed by atoms with Crippen molar-refractivity contribution in [3.05, 3.63) is 52.5 Å². The maximum Gasteiger partial charge on any atom is 0.228 e. The number of hydrogen-bond acceptors (Lipinski definition) is 2. The molecule has 0 atom stereocenters. The van der Waals surface area contributed by atoms with Crippen molar-refractivity contribution in [1.82, 2.24) is 4.98 Å². The van der Waals surface area contributed by atoms with Crippen LogP contribution in [-0.2, 0) is 5.41 Å². The molecule has 0 fully saturated rings. The van der Waals surface area contributed by atoms with Crippen molar-refractivity contribution in [2.24, 2.45) is 0 Å². The predicted octanol–water partition coefficient (Wildman–Crippen LogP) is 5.94. The summed E-state index contributed by atoms with van der Waals surface area (Å²) in [6.07, 6.45) is 1.09. The highest BCUT2D eigenvalue weighted by molar-refractivity contribution is 9.10. The van der Waals surface area contributed by atoms with Gasteiger partial charge in [0.15, 0.2) is 5.58 Å². The van der Waals surface area contributed by atoms with Gasteiger partial charge >= 0.3 is 0 Å². The Bertz CT molecular complexity index is 789. The van der Waals surface area contributed by atoms with E-state index in [1.165, 1.54) is 5.56 Å². The van der Waals surface area contributed by atoms with Crippen LogP contribution in [0, 0.1) is 0 Å². The Labute approximate surface area is 133 Å². The van der Waals surface area contributed by atoms with Gasteiger partial charge in [-0.3, -0.25) is 0 Å². The second kappa shape index (κ2) is 5.30. The fourth-order valence-electron chi connectivity index (χ4n) is 2.30. The van der Waals surface area contributed by atoms with E-state index in [1.807, 2.05) is 30.3 Å². The Hall–Kier alpha value is -1.61. The predicted molar refractivity (Wildman–Crippen MR) is 90.5 cm³/mol. The van der Waals surface area contributed by atoms with Gasteiger partial charge in [-0.1, -0.05) is 39.0 Å². The summed E-state index contributed by atoms with van der Waals surface area (Å²) >= 11 is 3.55. The molecule has 0 aliphatic carbocycles. The van der Waals surface area contributed by atoms with E-state index in [9.17, 15) is 0 Å². The van der Waals surface area contributed by atoms with Crippen LogP contribution in [0.5, 0.6) is 0 Å². The number of fused-ring (bicyclic) bond motifs is 1. The van der Waals surface area contributed by atoms with Crippen LogP contribution in [0.2, 0.25) is 0 Å². The minimum absolute atomic E-state index is 0.147. The van der Waals surface area contributed by atoms with Crippen LogP contribution in [0.4, 0.5) is 0 Å². The van der Waals surface area contributed by atoms with Gasteiger partial charge in [0.25, 0.3) is 0 Å². The molecule has 0 saturated carbocycles. The first-order valence-electron chi connectivity index (χ1n) is 7.17. The fourth-order valence-corrected chi connectivity index (χ4v) is 2.75. The molecule has 3 aromatic rings. The Morgan fingerprint density at radius 1 is 1.14 bits per heavy atom. The number of oxazole rings is 1. The number of rotatable bonds is 3. The second-order valence-corrected chi connectivity index (χ2v) is 6.77. The average molecular weight is 344 g/mol. The van der Waals surface area contributed by atoms with Crippen LogP contribution in [-0.4, -0.2) is 4.98 Å². The molecule has 0 radical (unpaired) electrons. The highest BCUT2D eigenvalue weighted by Gasteiger charge is 2.20. The van der Waals surface area contributed by atoms with Crippen LogP contribution in [0.3, 0.4) is 0 Å². The van der Waals surface area contributed by atoms with Gasteiger partial charge < -0.3 is 4.42 Å². The Kier molecular flexibility index (Phi) is 3.62. The lowest BCUT2D eigenvalue weighted by Gasteiger charge is -2.22. The van der Waals surface area contributed by atoms with Crippen molar-refractivity contribution in [1.29, 1.82) is 0 Å². The number of hydrogen-bond donors (Lipinski definition) is 0. The molecule has 3 heteroatoms. The zero-order valence-electron chi connectivity index (χ0n) is 12.5. The van der Waals surface area contributed by atoms with Crippen molar-refractivity contribution in [2.75, 3.05) is 0 Å². The van der Waals surface area contributed by atoms with Crippen LogP contribution < -0.4 is 0 Å². The summed E-state index contributed by atoms with van der Waals surface area (Å²) in [5.74, 6) is 0.656. The normalized spacial score (nSPS) is 12.0. The number of benzene rings is 2. The summed E-state index contributed by atoms with van der Waals surface area (Å²) in [4.78, 5) is 4.60. The molecule has 0 bridgehead atoms. The first kappa shape index (κ1) is 14.3. The Balaban J connectivity index is 2.11. The lowest BCUT2D eigenvalue weighted by atomic mass is 9.82. The maximum absolute atomic E-state index is 5.97. The maximum atomic E-state index is 5.97. The van der Waals surface area contributed by atoms with Gasteiger partial charge in [-0.15, -0.1) is 0 Å². The fraction of sp³-hybridized carbons (Fsp3) is 0.278. The Morgan fingerprint density at radius 3 is 2.62 bits per heavy atom. The van der Waals surface area contributed by atoms with Gasteiger partial charge in [-0.25, -0.2) is 4.98 Å². The van der Waals surface area contributed by atoms with Gasteiger partial charge in [0, 0.05) is 4.47 Å². The summed E-state index contributed by atoms with van der Waals surface area (Å²) < 4.78 is 6.97. The zero-order chi connectivity index (χ0) is 15.0. The van der Waals surface area contributed by atoms with Crippen LogP contribution in [0.1, 0.15) is 32.8 Å². The topological polar surface area (TPSA) is 26.0 Å². The van der Waals surface area contributed by atoms with E-state index in [0.29, 0.717) is 5.89 Å². The molecule has 0 N–H and O–H groups in total. The number of aromatic nitrogens is 1. The molecule has 108 valence electrons. The van der Waals surface area contributed by atoms with E-state index in [0.717, 1.165) is 27.6 Å². The molecule has 21 heavy (non-hydrogen) atoms. The van der Waals surface area contributed by atoms with Crippen LogP contribution in [0.25, 0.3) is 22.6 Å². The van der Waals surface area contributed by atoms with Crippen LogP contribution >= 0.6 is 15.9 Å². The Morgan fingerprint density at radius 2 is 1.90 bits per heavy atom. The van der Waals surface area contributed by atoms with E-state index in [1.54, 1.807) is 0 Å². The molecule has 0 amide bonds. The summed E-state index contributed by atoms with van der Waals surface area (Å²) in [5.41, 5.74) is 4.16. The SMILES string of the molecule is CCC(C)(C)c1ccc2nc(-c3ccccc3Br)oc2c1. The standard InChI is InChI=1S/C18H18BrNO/c1-4-18(2,3)12-9-10-15-16(11-12)21-17(20-15)13-7-5-6-8-14(13)19/h5-11H,4H2,1-3H3. The van der Waals surface area contributed by atoms with Crippen molar-refractivity contribution in [2.45, 2.75) is 32.6 Å². The molecular weight excluding hydrogens is 326 g/mol. The number of halogens is 1. The summed E-state index contributed by atoms with van der Waals surface area (Å²) in [7, 11) is 0. The van der Waals surface area contributed by atoms with E-state index in [4.69, 9.17) is 4.42 Å². The zero-order valence-corrected chi connectivity index (χ0v) is 14.1. The van der Waals surface area contributed by atoms with Gasteiger partial charge in [0.2, 0.25) is 5.89 Å². The lowest BCUT2D eigenvalue weighted by molar-refractivity contribution is 0.505. The van der Waals surface area contributed by atoms with Crippen molar-refractivity contribution in [3.63, 3.8) is 0 Å². The van der Waals surface area contributed by atoms with Crippen molar-refractivity contribution in [3.8, 4) is 11.5 Å². The minimum atomic E-state index is 0.147. The molecule has 0 spiro atoms. The summed E-state index contributed by atoms with van der Waals surface area (Å²) in [6.45, 7) is 6.70. The van der Waals surface area contributed by atoms with E-state index in [2.05, 4.69) is 53.8 Å². The largest absolute Gasteiger partial charge is 0.436 e. The van der Waals surface area contributed by atoms with Gasteiger partial charge in [0.1, 0.15) is 5.52 Å². The van der Waals surface area contributed by atoms with Crippen LogP contribution in [0.15, 0.2) is 51.4 Å². The molecule has 1 aromatic heterocycles. The third-order valence-corrected chi connectivity index (χ3v) is 4.85. The lowest BCUT2D eigenvalue weighted by Crippen LogP contribution is -2.14. The molecule has 0 aliphatic heterocycles. The quantitative estimate of drug-likeness (QED) is 0.587. The van der Waals surface area contributed by atoms with Crippen molar-refractivity contribution >= 4 is 27.0 Å². The van der Waals surface area contributed by atoms with E-state index in [-0.39, 0.29) is 5.41 Å².